The number of benzene rings is 4. The molecule has 0 aliphatic carbocycles. The minimum absolute atomic E-state index is 0. The zero-order chi connectivity index (χ0) is 46.3. The summed E-state index contributed by atoms with van der Waals surface area (Å²) in [6, 6.07) is 31.6. The van der Waals surface area contributed by atoms with E-state index in [9.17, 15) is 34.8 Å². The van der Waals surface area contributed by atoms with Gasteiger partial charge in [0.2, 0.25) is 0 Å². The highest BCUT2D eigenvalue weighted by molar-refractivity contribution is 5.96. The number of piperidine rings is 2. The van der Waals surface area contributed by atoms with Crippen LogP contribution in [0.4, 0.5) is 16.2 Å². The number of hydrogen-bond acceptors (Lipinski definition) is 11. The van der Waals surface area contributed by atoms with Crippen LogP contribution in [0.5, 0.6) is 0 Å². The van der Waals surface area contributed by atoms with Crippen LogP contribution in [0.25, 0.3) is 0 Å². The zero-order valence-electron chi connectivity index (χ0n) is 38.3. The number of nitrogens with two attached hydrogens (primary N) is 1. The molecule has 4 heterocycles. The fourth-order valence-corrected chi connectivity index (χ4v) is 9.25. The van der Waals surface area contributed by atoms with Gasteiger partial charge in [0.1, 0.15) is 5.60 Å². The number of hydrogen-bond donors (Lipinski definition) is 6. The second-order valence-corrected chi connectivity index (χ2v) is 18.9. The smallest absolute Gasteiger partial charge is 0.407 e. The normalized spacial score (nSPS) is 21.1. The summed E-state index contributed by atoms with van der Waals surface area (Å²) in [4.78, 5) is 45.8. The van der Waals surface area contributed by atoms with Crippen LogP contribution < -0.4 is 20.9 Å². The first-order chi connectivity index (χ1) is 31.1. The molecule has 3 amide bonds. The molecule has 67 heavy (non-hydrogen) atoms. The molecule has 4 aromatic carbocycles. The van der Waals surface area contributed by atoms with Gasteiger partial charge in [0.15, 0.2) is 0 Å². The lowest BCUT2D eigenvalue weighted by Gasteiger charge is -2.32. The molecule has 4 aromatic rings. The summed E-state index contributed by atoms with van der Waals surface area (Å²) in [5, 5.41) is 42.1. The van der Waals surface area contributed by atoms with E-state index < -0.39 is 36.1 Å². The Labute approximate surface area is 402 Å². The van der Waals surface area contributed by atoms with Crippen LogP contribution in [0.3, 0.4) is 0 Å². The number of nitrogens with zero attached hydrogens (tertiary/aromatic N) is 4. The number of nitrogens with one attached hydrogen (secondary N) is 1. The van der Waals surface area contributed by atoms with E-state index in [1.807, 2.05) is 107 Å². The SMILES string of the molecule is C.CC(C)(C)OC(=O)NCc1cccc(C2CCN(C(=O)c3cccc(N4CC(O)C(O)C4)c3)CC2)c1.Cl.NCc1cccc(C2CCN(C(=O)c3cccc(N4CC(O)C(O)C4)c3)CC2)c1. The van der Waals surface area contributed by atoms with Crippen molar-refractivity contribution in [1.29, 1.82) is 0 Å². The molecule has 4 fully saturated rings. The molecule has 4 aliphatic heterocycles. The van der Waals surface area contributed by atoms with Gasteiger partial charge in [-0.05, 0) is 117 Å². The molecule has 7 N–H and O–H groups in total. The number of carbonyl (C=O) groups is 3. The highest BCUT2D eigenvalue weighted by atomic mass is 35.5. The molecule has 0 spiro atoms. The topological polar surface area (TPSA) is 192 Å². The lowest BCUT2D eigenvalue weighted by Crippen LogP contribution is -2.38. The maximum atomic E-state index is 13.2. The van der Waals surface area contributed by atoms with Gasteiger partial charge < -0.3 is 55.8 Å². The van der Waals surface area contributed by atoms with Crippen LogP contribution in [-0.2, 0) is 17.8 Å². The molecule has 0 radical (unpaired) electrons. The van der Waals surface area contributed by atoms with E-state index in [0.29, 0.717) is 75.3 Å². The number of anilines is 2. The molecule has 15 heteroatoms. The summed E-state index contributed by atoms with van der Waals surface area (Å²) in [7, 11) is 0. The van der Waals surface area contributed by atoms with Crippen LogP contribution in [-0.4, -0.2) is 131 Å². The van der Waals surface area contributed by atoms with Crippen molar-refractivity contribution in [1.82, 2.24) is 15.1 Å². The lowest BCUT2D eigenvalue weighted by molar-refractivity contribution is 0.0522. The molecular weight excluding hydrogens is 872 g/mol. The van der Waals surface area contributed by atoms with Crippen molar-refractivity contribution in [2.45, 2.75) is 109 Å². The number of alkyl carbamates (subject to hydrolysis) is 1. The molecule has 4 atom stereocenters. The van der Waals surface area contributed by atoms with E-state index in [2.05, 4.69) is 35.6 Å². The van der Waals surface area contributed by atoms with Gasteiger partial charge in [-0.25, -0.2) is 4.79 Å². The Bertz CT molecular complexity index is 2240. The predicted molar refractivity (Wildman–Crippen MR) is 265 cm³/mol. The highest BCUT2D eigenvalue weighted by Crippen LogP contribution is 2.32. The zero-order valence-corrected chi connectivity index (χ0v) is 39.1. The molecule has 4 unspecified atom stereocenters. The Kier molecular flexibility index (Phi) is 18.6. The van der Waals surface area contributed by atoms with Crippen molar-refractivity contribution >= 4 is 41.7 Å². The molecule has 4 aliphatic rings. The summed E-state index contributed by atoms with van der Waals surface area (Å²) in [5.74, 6) is 0.867. The standard InChI is InChI=1S/C28H37N3O5.C23H29N3O3.CH4.ClH/c1-28(2,3)36-27(35)29-16-19-6-4-7-21(14-19)20-10-12-30(13-11-20)26(34)22-8-5-9-23(15-22)31-17-24(32)25(33)18-31;24-13-16-3-1-4-18(11-16)17-7-9-25(10-8-17)23(29)19-5-2-6-20(12-19)26-14-21(27)22(28)15-26;;/h4-9,14-15,20,24-25,32-33H,10-13,16-18H2,1-3H3,(H,29,35);1-6,11-12,17,21-22,27-28H,7-10,13-15,24H2;1H4;1H. The van der Waals surface area contributed by atoms with Crippen molar-refractivity contribution in [2.24, 2.45) is 5.73 Å². The minimum atomic E-state index is -0.769. The first-order valence-corrected chi connectivity index (χ1v) is 23.0. The Hall–Kier alpha value is -5.22. The molecule has 0 saturated carbocycles. The van der Waals surface area contributed by atoms with Gasteiger partial charge in [-0.2, -0.15) is 0 Å². The van der Waals surface area contributed by atoms with Crippen molar-refractivity contribution < 1.29 is 39.5 Å². The molecule has 0 aromatic heterocycles. The van der Waals surface area contributed by atoms with E-state index in [0.717, 1.165) is 61.3 Å². The minimum Gasteiger partial charge on any atom is -0.444 e. The average molecular weight is 944 g/mol. The fourth-order valence-electron chi connectivity index (χ4n) is 9.25. The number of aliphatic hydroxyl groups excluding tert-OH is 4. The number of halogens is 1. The van der Waals surface area contributed by atoms with Gasteiger partial charge >= 0.3 is 6.09 Å². The Morgan fingerprint density at radius 2 is 1.00 bits per heavy atom. The van der Waals surface area contributed by atoms with Gasteiger partial charge in [0.25, 0.3) is 11.8 Å². The third kappa shape index (κ3) is 13.9. The average Bonchev–Trinajstić information content (AvgIpc) is 3.85. The van der Waals surface area contributed by atoms with E-state index in [-0.39, 0.29) is 31.6 Å². The first-order valence-electron chi connectivity index (χ1n) is 23.0. The number of β-amino-alcohol motifs (C(OH)–C–C–N with tert-alkyl or cyclic N) is 4. The van der Waals surface area contributed by atoms with Gasteiger partial charge in [-0.15, -0.1) is 12.4 Å². The van der Waals surface area contributed by atoms with Gasteiger partial charge in [-0.3, -0.25) is 9.59 Å². The number of ether oxygens (including phenoxy) is 1. The van der Waals surface area contributed by atoms with Crippen LogP contribution in [0, 0.1) is 0 Å². The number of carbonyl (C=O) groups excluding carboxylic acids is 3. The Morgan fingerprint density at radius 3 is 1.40 bits per heavy atom. The third-order valence-corrected chi connectivity index (χ3v) is 12.9. The van der Waals surface area contributed by atoms with Crippen molar-refractivity contribution in [3.8, 4) is 0 Å². The van der Waals surface area contributed by atoms with Gasteiger partial charge in [0, 0.05) is 87.9 Å². The van der Waals surface area contributed by atoms with Crippen LogP contribution >= 0.6 is 12.4 Å². The summed E-state index contributed by atoms with van der Waals surface area (Å²) in [6.07, 6.45) is 0.189. The lowest BCUT2D eigenvalue weighted by atomic mass is 9.88. The molecule has 0 bridgehead atoms. The van der Waals surface area contributed by atoms with E-state index in [1.54, 1.807) is 0 Å². The summed E-state index contributed by atoms with van der Waals surface area (Å²) >= 11 is 0. The number of likely N-dealkylation sites (tertiary alicyclic amines) is 2. The fraction of sp³-hybridized carbons (Fsp3) is 0.481. The maximum Gasteiger partial charge on any atom is 0.407 e. The second-order valence-electron chi connectivity index (χ2n) is 18.9. The van der Waals surface area contributed by atoms with Crippen LogP contribution in [0.15, 0.2) is 97.1 Å². The van der Waals surface area contributed by atoms with E-state index in [1.165, 1.54) is 11.1 Å². The van der Waals surface area contributed by atoms with Crippen molar-refractivity contribution in [2.75, 3.05) is 62.2 Å². The molecule has 4 saturated heterocycles. The summed E-state index contributed by atoms with van der Waals surface area (Å²) in [6.45, 7) is 10.8. The van der Waals surface area contributed by atoms with E-state index >= 15 is 0 Å². The van der Waals surface area contributed by atoms with Crippen molar-refractivity contribution in [3.05, 3.63) is 130 Å². The van der Waals surface area contributed by atoms with Gasteiger partial charge in [0.05, 0.1) is 24.4 Å². The largest absolute Gasteiger partial charge is 0.444 e. The van der Waals surface area contributed by atoms with Crippen LogP contribution in [0.1, 0.15) is 109 Å². The second kappa shape index (κ2) is 23.7. The van der Waals surface area contributed by atoms with Gasteiger partial charge in [-0.1, -0.05) is 68.1 Å². The monoisotopic (exact) mass is 943 g/mol. The maximum absolute atomic E-state index is 13.2. The van der Waals surface area contributed by atoms with Crippen LogP contribution in [0.2, 0.25) is 0 Å². The third-order valence-electron chi connectivity index (χ3n) is 12.9. The molecule has 14 nitrogen and oxygen atoms in total. The first kappa shape index (κ1) is 52.7. The Morgan fingerprint density at radius 1 is 0.612 bits per heavy atom. The quantitative estimate of drug-likeness (QED) is 0.115. The van der Waals surface area contributed by atoms with E-state index in [4.69, 9.17) is 10.5 Å². The summed E-state index contributed by atoms with van der Waals surface area (Å²) < 4.78 is 5.31. The predicted octanol–water partition coefficient (Wildman–Crippen LogP) is 6.04. The molecule has 8 rings (SSSR count). The number of amides is 3. The highest BCUT2D eigenvalue weighted by Gasteiger charge is 2.32. The van der Waals surface area contributed by atoms with Crippen molar-refractivity contribution in [3.63, 3.8) is 0 Å². The number of rotatable bonds is 9. The number of aliphatic hydroxyl groups is 4. The molecular formula is C52H71ClN6O8. The summed E-state index contributed by atoms with van der Waals surface area (Å²) in [5.41, 5.74) is 12.9. The Balaban J connectivity index is 0.000000249. The molecule has 364 valence electrons.